The molecule has 3 N–H and O–H groups in total. The molecule has 4 rings (SSSR count). The molecule has 7 heteroatoms. The number of tetrazole rings is 1. The molecule has 6 nitrogen and oxygen atoms in total. The van der Waals surface area contributed by atoms with E-state index < -0.39 is 0 Å². The second-order valence-corrected chi connectivity index (χ2v) is 5.65. The van der Waals surface area contributed by atoms with Gasteiger partial charge in [0.15, 0.2) is 0 Å². The number of nitrogens with zero attached hydrogens (tertiary/aromatic N) is 4. The Morgan fingerprint density at radius 2 is 1.95 bits per heavy atom. The van der Waals surface area contributed by atoms with Crippen LogP contribution in [0.4, 0.5) is 5.69 Å². The highest BCUT2D eigenvalue weighted by Crippen LogP contribution is 2.36. The van der Waals surface area contributed by atoms with Crippen LogP contribution in [0.1, 0.15) is 0 Å². The van der Waals surface area contributed by atoms with Gasteiger partial charge in [0.05, 0.1) is 9.58 Å². The lowest BCUT2D eigenvalue weighted by Gasteiger charge is -2.03. The van der Waals surface area contributed by atoms with Crippen molar-refractivity contribution in [3.8, 4) is 21.8 Å². The molecule has 0 aliphatic carbocycles. The van der Waals surface area contributed by atoms with Crippen LogP contribution < -0.4 is 5.73 Å². The molecule has 0 aliphatic rings. The Morgan fingerprint density at radius 3 is 2.71 bits per heavy atom. The first kappa shape index (κ1) is 12.0. The van der Waals surface area contributed by atoms with E-state index in [2.05, 4.69) is 31.7 Å². The normalized spacial score (nSPS) is 11.0. The van der Waals surface area contributed by atoms with Gasteiger partial charge in [-0.1, -0.05) is 12.1 Å². The zero-order chi connectivity index (χ0) is 14.2. The fourth-order valence-corrected chi connectivity index (χ4v) is 3.21. The van der Waals surface area contributed by atoms with Crippen LogP contribution in [0.15, 0.2) is 42.7 Å². The maximum absolute atomic E-state index is 5.75. The summed E-state index contributed by atoms with van der Waals surface area (Å²) in [4.78, 5) is 5.28. The van der Waals surface area contributed by atoms with Crippen molar-refractivity contribution in [1.29, 1.82) is 0 Å². The van der Waals surface area contributed by atoms with Crippen molar-refractivity contribution in [2.75, 3.05) is 5.73 Å². The number of anilines is 1. The molecular formula is C14H10N6S. The molecule has 0 radical (unpaired) electrons. The average Bonchev–Trinajstić information content (AvgIpc) is 3.16. The van der Waals surface area contributed by atoms with Gasteiger partial charge in [0.25, 0.3) is 0 Å². The Balaban J connectivity index is 1.92. The molecule has 102 valence electrons. The first-order chi connectivity index (χ1) is 10.3. The third-order valence-electron chi connectivity index (χ3n) is 3.23. The standard InChI is InChI=1S/C14H10N6S/c15-9-3-1-8(2-4-9)11-6-16-7-13-10(11)5-12(21-13)14-17-19-20-18-14/h1-7H,15H2,(H,17,18,19,20). The molecule has 3 aromatic heterocycles. The molecule has 0 fully saturated rings. The highest BCUT2D eigenvalue weighted by atomic mass is 32.1. The minimum atomic E-state index is 0.597. The van der Waals surface area contributed by atoms with Crippen LogP contribution in [-0.2, 0) is 0 Å². The monoisotopic (exact) mass is 294 g/mol. The maximum atomic E-state index is 5.75. The number of hydrogen-bond donors (Lipinski definition) is 2. The first-order valence-electron chi connectivity index (χ1n) is 6.28. The van der Waals surface area contributed by atoms with Gasteiger partial charge in [0.1, 0.15) is 0 Å². The number of pyridine rings is 1. The van der Waals surface area contributed by atoms with Gasteiger partial charge in [-0.3, -0.25) is 4.98 Å². The number of benzene rings is 1. The van der Waals surface area contributed by atoms with Crippen LogP contribution in [-0.4, -0.2) is 25.6 Å². The summed E-state index contributed by atoms with van der Waals surface area (Å²) in [5.74, 6) is 0.597. The summed E-state index contributed by atoms with van der Waals surface area (Å²) in [6.07, 6.45) is 3.71. The largest absolute Gasteiger partial charge is 0.399 e. The minimum absolute atomic E-state index is 0.597. The second-order valence-electron chi connectivity index (χ2n) is 4.57. The first-order valence-corrected chi connectivity index (χ1v) is 7.10. The van der Waals surface area contributed by atoms with Gasteiger partial charge in [0, 0.05) is 29.0 Å². The number of fused-ring (bicyclic) bond motifs is 1. The Labute approximate surface area is 123 Å². The lowest BCUT2D eigenvalue weighted by molar-refractivity contribution is 0.881. The van der Waals surface area contributed by atoms with E-state index in [1.54, 1.807) is 11.3 Å². The number of thiophene rings is 1. The van der Waals surface area contributed by atoms with Crippen LogP contribution in [0.5, 0.6) is 0 Å². The quantitative estimate of drug-likeness (QED) is 0.554. The second kappa shape index (κ2) is 4.64. The zero-order valence-electron chi connectivity index (χ0n) is 10.8. The smallest absolute Gasteiger partial charge is 0.214 e. The predicted octanol–water partition coefficient (Wildman–Crippen LogP) is 2.73. The van der Waals surface area contributed by atoms with E-state index in [0.29, 0.717) is 5.82 Å². The molecule has 0 atom stereocenters. The third kappa shape index (κ3) is 2.03. The van der Waals surface area contributed by atoms with E-state index >= 15 is 0 Å². The average molecular weight is 294 g/mol. The van der Waals surface area contributed by atoms with Crippen molar-refractivity contribution in [1.82, 2.24) is 25.6 Å². The zero-order valence-corrected chi connectivity index (χ0v) is 11.6. The fraction of sp³-hybridized carbons (Fsp3) is 0. The number of H-pyrrole nitrogens is 1. The summed E-state index contributed by atoms with van der Waals surface area (Å²) >= 11 is 1.59. The topological polar surface area (TPSA) is 93.4 Å². The van der Waals surface area contributed by atoms with Crippen LogP contribution >= 0.6 is 11.3 Å². The minimum Gasteiger partial charge on any atom is -0.399 e. The molecule has 0 unspecified atom stereocenters. The number of aromatic amines is 1. The van der Waals surface area contributed by atoms with E-state index in [9.17, 15) is 0 Å². The summed E-state index contributed by atoms with van der Waals surface area (Å²) in [5, 5.41) is 15.2. The molecule has 21 heavy (non-hydrogen) atoms. The molecular weight excluding hydrogens is 284 g/mol. The van der Waals surface area contributed by atoms with E-state index in [0.717, 1.165) is 31.8 Å². The Morgan fingerprint density at radius 1 is 1.10 bits per heavy atom. The van der Waals surface area contributed by atoms with Crippen molar-refractivity contribution >= 4 is 27.1 Å². The molecule has 0 spiro atoms. The summed E-state index contributed by atoms with van der Waals surface area (Å²) in [5.41, 5.74) is 8.64. The number of aromatic nitrogens is 5. The predicted molar refractivity (Wildman–Crippen MR) is 82.6 cm³/mol. The number of nitrogens with two attached hydrogens (primary N) is 1. The molecule has 0 aliphatic heterocycles. The van der Waals surface area contributed by atoms with Crippen molar-refractivity contribution in [3.63, 3.8) is 0 Å². The number of nitrogens with one attached hydrogen (secondary N) is 1. The Bertz CT molecular complexity index is 895. The van der Waals surface area contributed by atoms with Crippen LogP contribution in [0.3, 0.4) is 0 Å². The van der Waals surface area contributed by atoms with Crippen molar-refractivity contribution in [3.05, 3.63) is 42.7 Å². The SMILES string of the molecule is Nc1ccc(-c2cncc3sc(-c4nn[nH]n4)cc23)cc1. The van der Waals surface area contributed by atoms with E-state index in [-0.39, 0.29) is 0 Å². The van der Waals surface area contributed by atoms with Gasteiger partial charge in [-0.15, -0.1) is 21.5 Å². The van der Waals surface area contributed by atoms with Gasteiger partial charge in [-0.2, -0.15) is 5.21 Å². The van der Waals surface area contributed by atoms with Crippen LogP contribution in [0.2, 0.25) is 0 Å². The van der Waals surface area contributed by atoms with Gasteiger partial charge >= 0.3 is 0 Å². The Hall–Kier alpha value is -2.80. The van der Waals surface area contributed by atoms with E-state index in [4.69, 9.17) is 5.73 Å². The van der Waals surface area contributed by atoms with Crippen LogP contribution in [0, 0.1) is 0 Å². The molecule has 0 amide bonds. The van der Waals surface area contributed by atoms with Crippen LogP contribution in [0.25, 0.3) is 31.9 Å². The van der Waals surface area contributed by atoms with E-state index in [1.807, 2.05) is 36.7 Å². The molecule has 0 saturated heterocycles. The molecule has 4 aromatic rings. The molecule has 0 saturated carbocycles. The third-order valence-corrected chi connectivity index (χ3v) is 4.30. The molecule has 3 heterocycles. The molecule has 0 bridgehead atoms. The highest BCUT2D eigenvalue weighted by Gasteiger charge is 2.12. The summed E-state index contributed by atoms with van der Waals surface area (Å²) in [6, 6.07) is 9.84. The van der Waals surface area contributed by atoms with E-state index in [1.165, 1.54) is 0 Å². The summed E-state index contributed by atoms with van der Waals surface area (Å²) < 4.78 is 1.09. The summed E-state index contributed by atoms with van der Waals surface area (Å²) in [6.45, 7) is 0. The van der Waals surface area contributed by atoms with Gasteiger partial charge in [-0.25, -0.2) is 0 Å². The number of rotatable bonds is 2. The van der Waals surface area contributed by atoms with Crippen molar-refractivity contribution < 1.29 is 0 Å². The van der Waals surface area contributed by atoms with Crippen molar-refractivity contribution in [2.24, 2.45) is 0 Å². The van der Waals surface area contributed by atoms with Gasteiger partial charge in [0.2, 0.25) is 5.82 Å². The van der Waals surface area contributed by atoms with Gasteiger partial charge < -0.3 is 5.73 Å². The fourth-order valence-electron chi connectivity index (χ4n) is 2.23. The number of nitrogen functional groups attached to an aromatic ring is 1. The lowest BCUT2D eigenvalue weighted by atomic mass is 10.0. The number of hydrogen-bond acceptors (Lipinski definition) is 6. The lowest BCUT2D eigenvalue weighted by Crippen LogP contribution is -1.85. The highest BCUT2D eigenvalue weighted by molar-refractivity contribution is 7.22. The molecule has 1 aromatic carbocycles. The maximum Gasteiger partial charge on any atom is 0.214 e. The van der Waals surface area contributed by atoms with Gasteiger partial charge in [-0.05, 0) is 29.0 Å². The van der Waals surface area contributed by atoms with Crippen molar-refractivity contribution in [2.45, 2.75) is 0 Å². The summed E-state index contributed by atoms with van der Waals surface area (Å²) in [7, 11) is 0. The Kier molecular flexibility index (Phi) is 2.65.